The fourth-order valence-corrected chi connectivity index (χ4v) is 7.49. The first-order valence-corrected chi connectivity index (χ1v) is 19.2. The Morgan fingerprint density at radius 2 is 1.12 bits per heavy atom. The van der Waals surface area contributed by atoms with E-state index in [0.29, 0.717) is 90.4 Å². The van der Waals surface area contributed by atoms with Gasteiger partial charge in [0.1, 0.15) is 23.3 Å². The van der Waals surface area contributed by atoms with Crippen LogP contribution in [-0.4, -0.2) is 77.5 Å². The number of fused-ring (bicyclic) bond motifs is 2. The van der Waals surface area contributed by atoms with E-state index in [0.717, 1.165) is 37.0 Å². The molecule has 7 aromatic rings. The first-order valence-electron chi connectivity index (χ1n) is 18.9. The third-order valence-electron chi connectivity index (χ3n) is 10.2. The number of aromatic nitrogens is 5. The maximum absolute atomic E-state index is 15.4. The molecule has 1 N–H and O–H groups in total. The van der Waals surface area contributed by atoms with Gasteiger partial charge in [-0.2, -0.15) is 8.78 Å². The zero-order valence-electron chi connectivity index (χ0n) is 32.2. The van der Waals surface area contributed by atoms with Gasteiger partial charge in [0, 0.05) is 74.0 Å². The summed E-state index contributed by atoms with van der Waals surface area (Å²) in [6, 6.07) is 11.3. The van der Waals surface area contributed by atoms with E-state index in [-0.39, 0.29) is 26.8 Å². The van der Waals surface area contributed by atoms with Crippen LogP contribution in [0.4, 0.5) is 49.2 Å². The summed E-state index contributed by atoms with van der Waals surface area (Å²) < 4.78 is 94.3. The number of rotatable bonds is 6. The average Bonchev–Trinajstić information content (AvgIpc) is 3.24. The molecule has 7 heterocycles. The number of anilines is 4. The molecule has 0 bridgehead atoms. The van der Waals surface area contributed by atoms with E-state index in [2.05, 4.69) is 35.1 Å². The molecular formula is C43H35ClF6N8O2. The smallest absolute Gasteiger partial charge is 0.212 e. The number of pyridine rings is 5. The highest BCUT2D eigenvalue weighted by Gasteiger charge is 2.24. The molecule has 0 aliphatic carbocycles. The van der Waals surface area contributed by atoms with Crippen molar-refractivity contribution >= 4 is 56.3 Å². The molecule has 2 saturated heterocycles. The Morgan fingerprint density at radius 3 is 1.67 bits per heavy atom. The first kappa shape index (κ1) is 40.7. The van der Waals surface area contributed by atoms with Crippen molar-refractivity contribution < 1.29 is 35.8 Å². The number of nitrogens with zero attached hydrogens (tertiary/aromatic N) is 7. The predicted molar refractivity (Wildman–Crippen MR) is 218 cm³/mol. The standard InChI is InChI=1S/C28H27F3N6O2.C15H8ClF3N2/c1-17-26(18-2-3-24(31)32-15-18)34-22-13-19(29)12-21(30)25(22)27(17)35-23-14-20(36-4-8-38-9-5-36)16-33-28(23)37-6-10-39-11-7-37;1-7-14(16)13-10(18)4-9(17)5-11(13)21-15(7)8-2-3-12(19)20-6-8/h2-3,12-16H,4-11H2,1H3,(H,34,35);2-6H,1H3. The molecule has 2 fully saturated rings. The van der Waals surface area contributed by atoms with Crippen LogP contribution in [0.25, 0.3) is 44.3 Å². The number of halogens is 7. The SMILES string of the molecule is Cc1c(-c2ccc(F)nc2)nc2cc(F)cc(F)c2c1Cl.Cc1c(-c2ccc(F)nc2)nc2cc(F)cc(F)c2c1Nc1cc(N2CCOCC2)cnc1N1CCOCC1. The highest BCUT2D eigenvalue weighted by atomic mass is 35.5. The van der Waals surface area contributed by atoms with Gasteiger partial charge in [-0.05, 0) is 55.3 Å². The van der Waals surface area contributed by atoms with Gasteiger partial charge in [-0.25, -0.2) is 42.5 Å². The lowest BCUT2D eigenvalue weighted by molar-refractivity contribution is 0.122. The molecule has 0 unspecified atom stereocenters. The van der Waals surface area contributed by atoms with E-state index in [1.807, 2.05) is 12.3 Å². The number of ether oxygens (including phenoxy) is 2. The first-order chi connectivity index (χ1) is 28.9. The van der Waals surface area contributed by atoms with Crippen molar-refractivity contribution in [3.05, 3.63) is 125 Å². The molecule has 2 aliphatic rings. The van der Waals surface area contributed by atoms with Gasteiger partial charge in [-0.1, -0.05) is 11.6 Å². The van der Waals surface area contributed by atoms with Crippen LogP contribution in [0.5, 0.6) is 0 Å². The molecule has 0 spiro atoms. The van der Waals surface area contributed by atoms with Crippen molar-refractivity contribution in [3.8, 4) is 22.5 Å². The van der Waals surface area contributed by atoms with Crippen LogP contribution >= 0.6 is 11.6 Å². The third kappa shape index (κ3) is 8.35. The highest BCUT2D eigenvalue weighted by Crippen LogP contribution is 2.40. The molecule has 2 aliphatic heterocycles. The lowest BCUT2D eigenvalue weighted by Crippen LogP contribution is -2.38. The topological polar surface area (TPSA) is 101 Å². The van der Waals surface area contributed by atoms with E-state index >= 15 is 4.39 Å². The van der Waals surface area contributed by atoms with Gasteiger partial charge < -0.3 is 24.6 Å². The molecule has 17 heteroatoms. The lowest BCUT2D eigenvalue weighted by Gasteiger charge is -2.32. The number of benzene rings is 2. The Morgan fingerprint density at radius 1 is 0.600 bits per heavy atom. The molecule has 60 heavy (non-hydrogen) atoms. The van der Waals surface area contributed by atoms with Gasteiger partial charge in [-0.15, -0.1) is 0 Å². The van der Waals surface area contributed by atoms with E-state index in [9.17, 15) is 22.0 Å². The van der Waals surface area contributed by atoms with Crippen LogP contribution in [0.3, 0.4) is 0 Å². The number of hydrogen-bond donors (Lipinski definition) is 1. The fraction of sp³-hybridized carbons (Fsp3) is 0.233. The van der Waals surface area contributed by atoms with Crippen LogP contribution in [-0.2, 0) is 9.47 Å². The highest BCUT2D eigenvalue weighted by molar-refractivity contribution is 6.36. The largest absolute Gasteiger partial charge is 0.378 e. The van der Waals surface area contributed by atoms with E-state index in [4.69, 9.17) is 26.1 Å². The summed E-state index contributed by atoms with van der Waals surface area (Å²) in [4.78, 5) is 25.2. The zero-order chi connectivity index (χ0) is 42.1. The molecule has 9 rings (SSSR count). The van der Waals surface area contributed by atoms with Crippen molar-refractivity contribution in [1.29, 1.82) is 0 Å². The number of hydrogen-bond acceptors (Lipinski definition) is 10. The summed E-state index contributed by atoms with van der Waals surface area (Å²) in [7, 11) is 0. The van der Waals surface area contributed by atoms with Crippen molar-refractivity contribution in [3.63, 3.8) is 0 Å². The van der Waals surface area contributed by atoms with Gasteiger partial charge >= 0.3 is 0 Å². The second-order valence-corrected chi connectivity index (χ2v) is 14.4. The third-order valence-corrected chi connectivity index (χ3v) is 10.7. The minimum atomic E-state index is -0.769. The summed E-state index contributed by atoms with van der Waals surface area (Å²) in [6.45, 7) is 8.59. The summed E-state index contributed by atoms with van der Waals surface area (Å²) in [6.07, 6.45) is 4.49. The van der Waals surface area contributed by atoms with Crippen LogP contribution < -0.4 is 15.1 Å². The lowest BCUT2D eigenvalue weighted by atomic mass is 10.0. The molecule has 0 radical (unpaired) electrons. The molecule has 0 saturated carbocycles. The zero-order valence-corrected chi connectivity index (χ0v) is 32.9. The van der Waals surface area contributed by atoms with E-state index in [1.54, 1.807) is 19.9 Å². The van der Waals surface area contributed by atoms with Gasteiger partial charge in [0.2, 0.25) is 11.9 Å². The van der Waals surface area contributed by atoms with Crippen LogP contribution in [0, 0.1) is 49.0 Å². The molecule has 308 valence electrons. The maximum atomic E-state index is 15.4. The summed E-state index contributed by atoms with van der Waals surface area (Å²) in [5.74, 6) is -3.54. The predicted octanol–water partition coefficient (Wildman–Crippen LogP) is 9.51. The Labute approximate surface area is 344 Å². The minimum Gasteiger partial charge on any atom is -0.378 e. The second-order valence-electron chi connectivity index (χ2n) is 14.1. The molecule has 0 atom stereocenters. The fourth-order valence-electron chi connectivity index (χ4n) is 7.21. The minimum absolute atomic E-state index is 0.0642. The quantitative estimate of drug-likeness (QED) is 0.129. The molecule has 0 amide bonds. The van der Waals surface area contributed by atoms with Crippen molar-refractivity contribution in [2.75, 3.05) is 67.7 Å². The summed E-state index contributed by atoms with van der Waals surface area (Å²) >= 11 is 6.17. The summed E-state index contributed by atoms with van der Waals surface area (Å²) in [5.41, 5.74) is 5.23. The molecule has 2 aromatic carbocycles. The monoisotopic (exact) mass is 844 g/mol. The van der Waals surface area contributed by atoms with Crippen LogP contribution in [0.2, 0.25) is 5.02 Å². The second kappa shape index (κ2) is 17.2. The Kier molecular flexibility index (Phi) is 11.7. The van der Waals surface area contributed by atoms with E-state index < -0.39 is 35.2 Å². The number of nitrogens with one attached hydrogen (secondary N) is 1. The van der Waals surface area contributed by atoms with Gasteiger partial charge in [0.25, 0.3) is 0 Å². The normalized spacial score (nSPS) is 14.3. The Bertz CT molecular complexity index is 2720. The number of morpholine rings is 2. The van der Waals surface area contributed by atoms with Crippen LogP contribution in [0.15, 0.2) is 73.2 Å². The van der Waals surface area contributed by atoms with Gasteiger partial charge in [-0.3, -0.25) is 0 Å². The maximum Gasteiger partial charge on any atom is 0.212 e. The summed E-state index contributed by atoms with van der Waals surface area (Å²) in [5, 5.41) is 3.81. The van der Waals surface area contributed by atoms with Crippen molar-refractivity contribution in [2.45, 2.75) is 13.8 Å². The molecular weight excluding hydrogens is 810 g/mol. The van der Waals surface area contributed by atoms with Crippen molar-refractivity contribution in [2.24, 2.45) is 0 Å². The molecule has 10 nitrogen and oxygen atoms in total. The van der Waals surface area contributed by atoms with E-state index in [1.165, 1.54) is 36.7 Å². The van der Waals surface area contributed by atoms with Gasteiger partial charge in [0.05, 0.1) is 87.9 Å². The molecule has 5 aromatic heterocycles. The van der Waals surface area contributed by atoms with Crippen molar-refractivity contribution in [1.82, 2.24) is 24.9 Å². The average molecular weight is 845 g/mol. The Balaban J connectivity index is 0.000000200. The van der Waals surface area contributed by atoms with Gasteiger partial charge in [0.15, 0.2) is 5.82 Å². The van der Waals surface area contributed by atoms with Crippen LogP contribution in [0.1, 0.15) is 11.1 Å². The Hall–Kier alpha value is -6.10.